The van der Waals surface area contributed by atoms with Crippen LogP contribution in [-0.4, -0.2) is 52.5 Å². The van der Waals surface area contributed by atoms with Crippen LogP contribution < -0.4 is 0 Å². The summed E-state index contributed by atoms with van der Waals surface area (Å²) in [6.45, 7) is 3.00. The normalized spacial score (nSPS) is 20.3. The van der Waals surface area contributed by atoms with Gasteiger partial charge in [0, 0.05) is 50.6 Å². The largest absolute Gasteiger partial charge is 0.377 e. The third-order valence-electron chi connectivity index (χ3n) is 5.43. The van der Waals surface area contributed by atoms with Crippen molar-refractivity contribution in [1.29, 1.82) is 0 Å². The second-order valence-electron chi connectivity index (χ2n) is 7.25. The van der Waals surface area contributed by atoms with Crippen LogP contribution in [0, 0.1) is 0 Å². The van der Waals surface area contributed by atoms with E-state index in [1.165, 1.54) is 0 Å². The van der Waals surface area contributed by atoms with Crippen LogP contribution in [0.4, 0.5) is 0 Å². The number of benzene rings is 1. The van der Waals surface area contributed by atoms with Crippen LogP contribution in [0.15, 0.2) is 42.6 Å². The van der Waals surface area contributed by atoms with Gasteiger partial charge in [-0.1, -0.05) is 12.1 Å². The number of morpholine rings is 1. The molecule has 2 aliphatic rings. The van der Waals surface area contributed by atoms with Crippen LogP contribution in [0.5, 0.6) is 0 Å². The van der Waals surface area contributed by atoms with Crippen LogP contribution in [0.3, 0.4) is 0 Å². The minimum absolute atomic E-state index is 0.0131. The van der Waals surface area contributed by atoms with E-state index in [0.717, 1.165) is 24.2 Å². The SMILES string of the molecule is Cn1cccc1[C@@H]1COCCN1C(=O)c1cccc(CN2CCCC2=O)c1. The number of carbonyl (C=O) groups excluding carboxylic acids is 2. The van der Waals surface area contributed by atoms with Crippen molar-refractivity contribution in [2.45, 2.75) is 25.4 Å². The van der Waals surface area contributed by atoms with E-state index in [4.69, 9.17) is 4.74 Å². The van der Waals surface area contributed by atoms with Gasteiger partial charge < -0.3 is 19.1 Å². The van der Waals surface area contributed by atoms with Crippen molar-refractivity contribution in [2.24, 2.45) is 7.05 Å². The standard InChI is InChI=1S/C21H25N3O3/c1-22-9-3-7-18(22)19-15-27-12-11-24(19)21(26)17-6-2-5-16(13-17)14-23-10-4-8-20(23)25/h2-3,5-7,9,13,19H,4,8,10-12,14-15H2,1H3/t19-/m0/s1. The lowest BCUT2D eigenvalue weighted by molar-refractivity contribution is -0.128. The summed E-state index contributed by atoms with van der Waals surface area (Å²) in [5, 5.41) is 0. The summed E-state index contributed by atoms with van der Waals surface area (Å²) in [5.74, 6) is 0.211. The molecule has 4 rings (SSSR count). The van der Waals surface area contributed by atoms with Gasteiger partial charge in [0.1, 0.15) is 0 Å². The molecular formula is C21H25N3O3. The fourth-order valence-corrected chi connectivity index (χ4v) is 3.97. The molecule has 1 aromatic carbocycles. The van der Waals surface area contributed by atoms with E-state index in [9.17, 15) is 9.59 Å². The number of rotatable bonds is 4. The van der Waals surface area contributed by atoms with Crippen molar-refractivity contribution >= 4 is 11.8 Å². The number of amides is 2. The number of likely N-dealkylation sites (tertiary alicyclic amines) is 1. The molecule has 0 aliphatic carbocycles. The minimum atomic E-state index is -0.0879. The summed E-state index contributed by atoms with van der Waals surface area (Å²) in [6.07, 6.45) is 3.54. The average molecular weight is 367 g/mol. The van der Waals surface area contributed by atoms with Gasteiger partial charge in [0.15, 0.2) is 0 Å². The molecule has 0 saturated carbocycles. The van der Waals surface area contributed by atoms with Gasteiger partial charge in [0.25, 0.3) is 5.91 Å². The zero-order chi connectivity index (χ0) is 18.8. The molecule has 6 nitrogen and oxygen atoms in total. The summed E-state index contributed by atoms with van der Waals surface area (Å²) in [7, 11) is 1.99. The maximum atomic E-state index is 13.3. The van der Waals surface area contributed by atoms with Crippen molar-refractivity contribution in [2.75, 3.05) is 26.3 Å². The summed E-state index contributed by atoms with van der Waals surface area (Å²) in [6, 6.07) is 11.6. The zero-order valence-corrected chi connectivity index (χ0v) is 15.6. The van der Waals surface area contributed by atoms with E-state index in [2.05, 4.69) is 0 Å². The number of carbonyl (C=O) groups is 2. The minimum Gasteiger partial charge on any atom is -0.377 e. The van der Waals surface area contributed by atoms with Gasteiger partial charge in [0.05, 0.1) is 19.3 Å². The molecular weight excluding hydrogens is 342 g/mol. The lowest BCUT2D eigenvalue weighted by Crippen LogP contribution is -2.44. The van der Waals surface area contributed by atoms with E-state index in [1.54, 1.807) is 0 Å². The van der Waals surface area contributed by atoms with E-state index < -0.39 is 0 Å². The van der Waals surface area contributed by atoms with Gasteiger partial charge in [-0.15, -0.1) is 0 Å². The summed E-state index contributed by atoms with van der Waals surface area (Å²) in [4.78, 5) is 28.9. The number of ether oxygens (including phenoxy) is 1. The highest BCUT2D eigenvalue weighted by Crippen LogP contribution is 2.26. The van der Waals surface area contributed by atoms with Crippen molar-refractivity contribution in [1.82, 2.24) is 14.4 Å². The number of aromatic nitrogens is 1. The first-order chi connectivity index (χ1) is 13.1. The molecule has 1 aromatic heterocycles. The first-order valence-electron chi connectivity index (χ1n) is 9.50. The Balaban J connectivity index is 1.55. The third-order valence-corrected chi connectivity index (χ3v) is 5.43. The Bertz CT molecular complexity index is 845. The molecule has 3 heterocycles. The molecule has 142 valence electrons. The molecule has 0 bridgehead atoms. The lowest BCUT2D eigenvalue weighted by atomic mass is 10.1. The Morgan fingerprint density at radius 2 is 2.11 bits per heavy atom. The Kier molecular flexibility index (Phi) is 4.99. The molecule has 1 atom stereocenters. The van der Waals surface area contributed by atoms with Gasteiger partial charge in [-0.3, -0.25) is 9.59 Å². The Hall–Kier alpha value is -2.60. The summed E-state index contributed by atoms with van der Waals surface area (Å²) >= 11 is 0. The van der Waals surface area contributed by atoms with Crippen LogP contribution in [0.25, 0.3) is 0 Å². The molecule has 6 heteroatoms. The molecule has 0 N–H and O–H groups in total. The van der Waals surface area contributed by atoms with Gasteiger partial charge >= 0.3 is 0 Å². The van der Waals surface area contributed by atoms with Gasteiger partial charge in [-0.2, -0.15) is 0 Å². The van der Waals surface area contributed by atoms with Gasteiger partial charge in [-0.05, 0) is 36.2 Å². The smallest absolute Gasteiger partial charge is 0.254 e. The van der Waals surface area contributed by atoms with Crippen LogP contribution in [0.2, 0.25) is 0 Å². The number of nitrogens with zero attached hydrogens (tertiary/aromatic N) is 3. The third kappa shape index (κ3) is 3.62. The maximum absolute atomic E-state index is 13.3. The molecule has 2 saturated heterocycles. The second-order valence-corrected chi connectivity index (χ2v) is 7.25. The van der Waals surface area contributed by atoms with E-state index >= 15 is 0 Å². The molecule has 2 fully saturated rings. The monoisotopic (exact) mass is 367 g/mol. The van der Waals surface area contributed by atoms with Crippen molar-refractivity contribution in [3.05, 3.63) is 59.4 Å². The Morgan fingerprint density at radius 3 is 2.85 bits per heavy atom. The number of hydrogen-bond donors (Lipinski definition) is 0. The fourth-order valence-electron chi connectivity index (χ4n) is 3.97. The van der Waals surface area contributed by atoms with Crippen LogP contribution in [0.1, 0.15) is 40.5 Å². The first-order valence-corrected chi connectivity index (χ1v) is 9.50. The Morgan fingerprint density at radius 1 is 1.22 bits per heavy atom. The lowest BCUT2D eigenvalue weighted by Gasteiger charge is -2.36. The quantitative estimate of drug-likeness (QED) is 0.834. The molecule has 0 spiro atoms. The molecule has 0 unspecified atom stereocenters. The van der Waals surface area contributed by atoms with E-state index in [0.29, 0.717) is 38.3 Å². The van der Waals surface area contributed by atoms with Crippen LogP contribution >= 0.6 is 0 Å². The van der Waals surface area contributed by atoms with Gasteiger partial charge in [-0.25, -0.2) is 0 Å². The van der Waals surface area contributed by atoms with E-state index in [1.807, 2.05) is 64.0 Å². The number of hydrogen-bond acceptors (Lipinski definition) is 3. The van der Waals surface area contributed by atoms with Crippen molar-refractivity contribution < 1.29 is 14.3 Å². The highest BCUT2D eigenvalue weighted by Gasteiger charge is 2.31. The molecule has 0 radical (unpaired) electrons. The molecule has 2 aliphatic heterocycles. The molecule has 2 amide bonds. The Labute approximate surface area is 159 Å². The summed E-state index contributed by atoms with van der Waals surface area (Å²) < 4.78 is 7.69. The highest BCUT2D eigenvalue weighted by atomic mass is 16.5. The van der Waals surface area contributed by atoms with E-state index in [-0.39, 0.29) is 17.9 Å². The first kappa shape index (κ1) is 17.8. The second kappa shape index (κ2) is 7.56. The van der Waals surface area contributed by atoms with Crippen LogP contribution in [-0.2, 0) is 23.1 Å². The average Bonchev–Trinajstić information content (AvgIpc) is 3.29. The maximum Gasteiger partial charge on any atom is 0.254 e. The topological polar surface area (TPSA) is 54.8 Å². The predicted octanol–water partition coefficient (Wildman–Crippen LogP) is 2.36. The molecule has 27 heavy (non-hydrogen) atoms. The highest BCUT2D eigenvalue weighted by molar-refractivity contribution is 5.94. The fraction of sp³-hybridized carbons (Fsp3) is 0.429. The van der Waals surface area contributed by atoms with Crippen molar-refractivity contribution in [3.63, 3.8) is 0 Å². The number of aryl methyl sites for hydroxylation is 1. The van der Waals surface area contributed by atoms with Crippen molar-refractivity contribution in [3.8, 4) is 0 Å². The van der Waals surface area contributed by atoms with Gasteiger partial charge in [0.2, 0.25) is 5.91 Å². The predicted molar refractivity (Wildman–Crippen MR) is 101 cm³/mol. The summed E-state index contributed by atoms with van der Waals surface area (Å²) in [5.41, 5.74) is 2.74. The molecule has 2 aromatic rings. The zero-order valence-electron chi connectivity index (χ0n) is 15.6.